The van der Waals surface area contributed by atoms with E-state index >= 15 is 0 Å². The van der Waals surface area contributed by atoms with Crippen LogP contribution in [0.2, 0.25) is 0 Å². The second-order valence-electron chi connectivity index (χ2n) is 4.35. The largest absolute Gasteiger partial charge is 0.214 e. The van der Waals surface area contributed by atoms with Gasteiger partial charge in [-0.15, -0.1) is 11.6 Å². The Kier molecular flexibility index (Phi) is 6.14. The number of hydrogen-bond acceptors (Lipinski definition) is 2. The molecule has 0 saturated carbocycles. The van der Waals surface area contributed by atoms with E-state index in [9.17, 15) is 8.42 Å². The van der Waals surface area contributed by atoms with Crippen LogP contribution in [0.3, 0.4) is 0 Å². The average Bonchev–Trinajstić information content (AvgIpc) is 2.17. The Balaban J connectivity index is 4.46. The molecule has 0 aromatic rings. The normalized spacial score (nSPS) is 13.5. The molecule has 0 bridgehead atoms. The summed E-state index contributed by atoms with van der Waals surface area (Å²) in [5.41, 5.74) is -0.306. The quantitative estimate of drug-likeness (QED) is 0.518. The molecule has 0 aromatic heterocycles. The molecule has 0 spiro atoms. The van der Waals surface area contributed by atoms with Gasteiger partial charge in [-0.05, 0) is 33.1 Å². The molecule has 0 unspecified atom stereocenters. The molecule has 0 rings (SSSR count). The number of nitrogens with zero attached hydrogens (tertiary/aromatic N) is 1. The molecule has 0 aliphatic heterocycles. The number of rotatable bonds is 7. The summed E-state index contributed by atoms with van der Waals surface area (Å²) < 4.78 is 25.3. The molecule has 3 nitrogen and oxygen atoms in total. The predicted octanol–water partition coefficient (Wildman–Crippen LogP) is 2.46. The number of hydrogen-bond donors (Lipinski definition) is 0. The zero-order chi connectivity index (χ0) is 12.1. The first kappa shape index (κ1) is 15.2. The Morgan fingerprint density at radius 1 is 1.27 bits per heavy atom. The molecule has 0 aromatic carbocycles. The molecule has 0 heterocycles. The third kappa shape index (κ3) is 4.70. The third-order valence-corrected chi connectivity index (χ3v) is 5.32. The van der Waals surface area contributed by atoms with E-state index in [4.69, 9.17) is 11.6 Å². The van der Waals surface area contributed by atoms with Crippen LogP contribution in [0.1, 0.15) is 40.0 Å². The van der Waals surface area contributed by atoms with Gasteiger partial charge in [-0.3, -0.25) is 0 Å². The van der Waals surface area contributed by atoms with Crippen molar-refractivity contribution in [1.29, 1.82) is 0 Å². The van der Waals surface area contributed by atoms with Crippen molar-refractivity contribution in [2.45, 2.75) is 45.6 Å². The van der Waals surface area contributed by atoms with Gasteiger partial charge in [0.1, 0.15) is 0 Å². The minimum absolute atomic E-state index is 0.194. The minimum atomic E-state index is -3.13. The molecule has 0 amide bonds. The van der Waals surface area contributed by atoms with Crippen LogP contribution in [0.4, 0.5) is 0 Å². The third-order valence-electron chi connectivity index (χ3n) is 2.92. The molecule has 0 radical (unpaired) electrons. The summed E-state index contributed by atoms with van der Waals surface area (Å²) in [6.07, 6.45) is 2.19. The highest BCUT2D eigenvalue weighted by Gasteiger charge is 2.30. The van der Waals surface area contributed by atoms with Gasteiger partial charge < -0.3 is 0 Å². The van der Waals surface area contributed by atoms with E-state index in [1.54, 1.807) is 7.05 Å². The molecular weight excluding hydrogens is 234 g/mol. The lowest BCUT2D eigenvalue weighted by Gasteiger charge is -2.33. The molecular formula is C10H22ClNO2S. The van der Waals surface area contributed by atoms with Gasteiger partial charge in [0.05, 0.1) is 5.75 Å². The highest BCUT2D eigenvalue weighted by molar-refractivity contribution is 7.89. The zero-order valence-electron chi connectivity index (χ0n) is 10.1. The van der Waals surface area contributed by atoms with Gasteiger partial charge in [0.25, 0.3) is 0 Å². The number of unbranched alkanes of at least 4 members (excludes halogenated alkanes) is 1. The van der Waals surface area contributed by atoms with Gasteiger partial charge >= 0.3 is 0 Å². The van der Waals surface area contributed by atoms with Crippen LogP contribution in [0.25, 0.3) is 0 Å². The van der Waals surface area contributed by atoms with Gasteiger partial charge in [0, 0.05) is 18.5 Å². The van der Waals surface area contributed by atoms with Crippen molar-refractivity contribution >= 4 is 21.6 Å². The maximum absolute atomic E-state index is 11.9. The van der Waals surface area contributed by atoms with Gasteiger partial charge in [-0.2, -0.15) is 4.31 Å². The van der Waals surface area contributed by atoms with Crippen LogP contribution in [-0.4, -0.2) is 36.9 Å². The number of alkyl halides is 1. The molecule has 15 heavy (non-hydrogen) atoms. The van der Waals surface area contributed by atoms with E-state index in [-0.39, 0.29) is 11.3 Å². The van der Waals surface area contributed by atoms with Crippen LogP contribution < -0.4 is 0 Å². The maximum atomic E-state index is 11.9. The number of halogens is 1. The van der Waals surface area contributed by atoms with Crippen molar-refractivity contribution in [3.63, 3.8) is 0 Å². The van der Waals surface area contributed by atoms with Gasteiger partial charge in [0.15, 0.2) is 0 Å². The Morgan fingerprint density at radius 3 is 2.20 bits per heavy atom. The lowest BCUT2D eigenvalue weighted by Crippen LogP contribution is -2.45. The first-order valence-corrected chi connectivity index (χ1v) is 7.45. The van der Waals surface area contributed by atoms with Crippen LogP contribution in [0.5, 0.6) is 0 Å². The standard InChI is InChI=1S/C10H22ClNO2S/c1-5-10(2,3)12(4)15(13,14)9-7-6-8-11/h5-9H2,1-4H3. The lowest BCUT2D eigenvalue weighted by molar-refractivity contribution is 0.257. The Labute approximate surface area is 98.8 Å². The van der Waals surface area contributed by atoms with Gasteiger partial charge in [-0.1, -0.05) is 6.92 Å². The summed E-state index contributed by atoms with van der Waals surface area (Å²) in [6.45, 7) is 5.86. The summed E-state index contributed by atoms with van der Waals surface area (Å²) in [4.78, 5) is 0. The fourth-order valence-electron chi connectivity index (χ4n) is 1.12. The Bertz CT molecular complexity index is 275. The summed E-state index contributed by atoms with van der Waals surface area (Å²) in [5, 5.41) is 0. The van der Waals surface area contributed by atoms with E-state index in [0.29, 0.717) is 12.3 Å². The highest BCUT2D eigenvalue weighted by Crippen LogP contribution is 2.20. The summed E-state index contributed by atoms with van der Waals surface area (Å²) in [7, 11) is -1.48. The second kappa shape index (κ2) is 6.06. The van der Waals surface area contributed by atoms with Crippen LogP contribution in [0.15, 0.2) is 0 Å². The number of sulfonamides is 1. The first-order valence-electron chi connectivity index (χ1n) is 5.30. The molecule has 0 fully saturated rings. The smallest absolute Gasteiger partial charge is 0.212 e. The van der Waals surface area contributed by atoms with Gasteiger partial charge in [-0.25, -0.2) is 8.42 Å². The first-order chi connectivity index (χ1) is 6.78. The second-order valence-corrected chi connectivity index (χ2v) is 6.84. The Morgan fingerprint density at radius 2 is 1.80 bits per heavy atom. The van der Waals surface area contributed by atoms with Crippen LogP contribution >= 0.6 is 11.6 Å². The zero-order valence-corrected chi connectivity index (χ0v) is 11.7. The summed E-state index contributed by atoms with van der Waals surface area (Å²) in [5.74, 6) is 0.718. The topological polar surface area (TPSA) is 37.4 Å². The van der Waals surface area contributed by atoms with E-state index in [1.165, 1.54) is 4.31 Å². The monoisotopic (exact) mass is 255 g/mol. The fourth-order valence-corrected chi connectivity index (χ4v) is 3.03. The van der Waals surface area contributed by atoms with Gasteiger partial charge in [0.2, 0.25) is 10.0 Å². The van der Waals surface area contributed by atoms with Crippen molar-refractivity contribution in [2.24, 2.45) is 0 Å². The lowest BCUT2D eigenvalue weighted by atomic mass is 10.0. The van der Waals surface area contributed by atoms with E-state index < -0.39 is 10.0 Å². The SMILES string of the molecule is CCC(C)(C)N(C)S(=O)(=O)CCCCCl. The minimum Gasteiger partial charge on any atom is -0.212 e. The average molecular weight is 256 g/mol. The predicted molar refractivity (Wildman–Crippen MR) is 65.9 cm³/mol. The van der Waals surface area contributed by atoms with Crippen LogP contribution in [0, 0.1) is 0 Å². The van der Waals surface area contributed by atoms with E-state index in [1.807, 2.05) is 20.8 Å². The molecule has 0 aliphatic carbocycles. The van der Waals surface area contributed by atoms with Crippen molar-refractivity contribution in [3.05, 3.63) is 0 Å². The molecule has 0 saturated heterocycles. The van der Waals surface area contributed by atoms with E-state index in [2.05, 4.69) is 0 Å². The summed E-state index contributed by atoms with van der Waals surface area (Å²) in [6, 6.07) is 0. The van der Waals surface area contributed by atoms with Crippen molar-refractivity contribution in [1.82, 2.24) is 4.31 Å². The summed E-state index contributed by atoms with van der Waals surface area (Å²) >= 11 is 5.52. The molecule has 0 atom stereocenters. The Hall–Kier alpha value is 0.200. The fraction of sp³-hybridized carbons (Fsp3) is 1.00. The van der Waals surface area contributed by atoms with Crippen molar-refractivity contribution < 1.29 is 8.42 Å². The van der Waals surface area contributed by atoms with Crippen molar-refractivity contribution in [3.8, 4) is 0 Å². The maximum Gasteiger partial charge on any atom is 0.214 e. The van der Waals surface area contributed by atoms with Crippen LogP contribution in [-0.2, 0) is 10.0 Å². The highest BCUT2D eigenvalue weighted by atomic mass is 35.5. The molecule has 5 heteroatoms. The molecule has 0 aliphatic rings. The molecule has 92 valence electrons. The van der Waals surface area contributed by atoms with E-state index in [0.717, 1.165) is 12.8 Å². The van der Waals surface area contributed by atoms with Crippen molar-refractivity contribution in [2.75, 3.05) is 18.7 Å². The molecule has 0 N–H and O–H groups in total.